The maximum absolute atomic E-state index is 5.54. The summed E-state index contributed by atoms with van der Waals surface area (Å²) in [5.41, 5.74) is 0. The second kappa shape index (κ2) is 28.3. The Hall–Kier alpha value is -1.30. The Labute approximate surface area is 217 Å². The fraction of sp³-hybridized carbons (Fsp3) is 0.778. The highest BCUT2D eigenvalue weighted by Crippen LogP contribution is 2.07. The van der Waals surface area contributed by atoms with Crippen LogP contribution in [0.15, 0.2) is 30.3 Å². The minimum Gasteiger partial charge on any atom is -0.491 e. The number of unbranched alkanes of at least 4 members (excludes halogenated alkanes) is 2. The Bertz CT molecular complexity index is 533. The van der Waals surface area contributed by atoms with Crippen LogP contribution in [0.5, 0.6) is 5.75 Å². The Balaban J connectivity index is 1.63. The molecule has 0 saturated carbocycles. The van der Waals surface area contributed by atoms with Crippen LogP contribution in [0.25, 0.3) is 0 Å². The molecule has 0 atom stereocenters. The van der Waals surface area contributed by atoms with Crippen LogP contribution in [0.4, 0.5) is 0 Å². The first-order valence-electron chi connectivity index (χ1n) is 13.2. The van der Waals surface area contributed by atoms with Crippen molar-refractivity contribution in [2.45, 2.75) is 26.2 Å². The number of ether oxygens (including phenoxy) is 9. The molecule has 0 aromatic heterocycles. The third-order valence-corrected chi connectivity index (χ3v) is 4.74. The van der Waals surface area contributed by atoms with Crippen molar-refractivity contribution in [2.24, 2.45) is 0 Å². The minimum atomic E-state index is 0.525. The van der Waals surface area contributed by atoms with Crippen LogP contribution in [0.2, 0.25) is 0 Å². The number of benzene rings is 1. The van der Waals surface area contributed by atoms with Gasteiger partial charge in [-0.1, -0.05) is 38.0 Å². The summed E-state index contributed by atoms with van der Waals surface area (Å²) in [4.78, 5) is 0. The maximum atomic E-state index is 5.54. The van der Waals surface area contributed by atoms with Gasteiger partial charge in [-0.3, -0.25) is 0 Å². The van der Waals surface area contributed by atoms with E-state index in [-0.39, 0.29) is 0 Å². The van der Waals surface area contributed by atoms with E-state index in [1.54, 1.807) is 0 Å². The van der Waals surface area contributed by atoms with Crippen LogP contribution in [-0.2, 0) is 37.9 Å². The molecule has 0 spiro atoms. The summed E-state index contributed by atoms with van der Waals surface area (Å²) >= 11 is 0. The van der Waals surface area contributed by atoms with E-state index in [1.807, 2.05) is 30.3 Å². The van der Waals surface area contributed by atoms with Crippen molar-refractivity contribution in [3.63, 3.8) is 0 Å². The largest absolute Gasteiger partial charge is 0.491 e. The highest BCUT2D eigenvalue weighted by atomic mass is 16.6. The predicted molar refractivity (Wildman–Crippen MR) is 138 cm³/mol. The van der Waals surface area contributed by atoms with Crippen LogP contribution in [0.1, 0.15) is 26.2 Å². The number of rotatable bonds is 29. The number of hydrogen-bond donors (Lipinski definition) is 0. The molecular weight excluding hydrogens is 468 g/mol. The molecule has 0 aliphatic heterocycles. The average molecular weight is 517 g/mol. The topological polar surface area (TPSA) is 83.1 Å². The molecule has 0 aliphatic carbocycles. The van der Waals surface area contributed by atoms with E-state index in [1.165, 1.54) is 12.8 Å². The van der Waals surface area contributed by atoms with E-state index in [9.17, 15) is 0 Å². The minimum absolute atomic E-state index is 0.525. The summed E-state index contributed by atoms with van der Waals surface area (Å²) < 4.78 is 49.2. The average Bonchev–Trinajstić information content (AvgIpc) is 2.91. The summed E-state index contributed by atoms with van der Waals surface area (Å²) in [6.07, 6.45) is 3.56. The predicted octanol–water partition coefficient (Wildman–Crippen LogP) is 3.39. The molecule has 0 aliphatic rings. The molecular formula is C27H48O9. The van der Waals surface area contributed by atoms with Gasteiger partial charge in [0.05, 0.1) is 99.1 Å². The third kappa shape index (κ3) is 24.4. The molecule has 9 heteroatoms. The van der Waals surface area contributed by atoms with Crippen LogP contribution >= 0.6 is 0 Å². The van der Waals surface area contributed by atoms with Crippen molar-refractivity contribution in [3.8, 4) is 5.75 Å². The Kier molecular flexibility index (Phi) is 25.7. The second-order valence-electron chi connectivity index (χ2n) is 7.77. The highest BCUT2D eigenvalue weighted by molar-refractivity contribution is 5.20. The van der Waals surface area contributed by atoms with Crippen molar-refractivity contribution in [1.29, 1.82) is 0 Å². The van der Waals surface area contributed by atoms with Gasteiger partial charge in [0.1, 0.15) is 12.4 Å². The van der Waals surface area contributed by atoms with Gasteiger partial charge >= 0.3 is 0 Å². The van der Waals surface area contributed by atoms with Crippen molar-refractivity contribution < 1.29 is 42.6 Å². The lowest BCUT2D eigenvalue weighted by Gasteiger charge is -2.09. The summed E-state index contributed by atoms with van der Waals surface area (Å²) in [6.45, 7) is 11.8. The first kappa shape index (κ1) is 32.7. The van der Waals surface area contributed by atoms with Gasteiger partial charge in [-0.2, -0.15) is 0 Å². The van der Waals surface area contributed by atoms with E-state index in [0.717, 1.165) is 18.8 Å². The number of para-hydroxylation sites is 1. The van der Waals surface area contributed by atoms with Gasteiger partial charge in [-0.25, -0.2) is 0 Å². The van der Waals surface area contributed by atoms with Gasteiger partial charge in [0, 0.05) is 6.61 Å². The molecule has 0 amide bonds. The molecule has 0 heterocycles. The van der Waals surface area contributed by atoms with Gasteiger partial charge in [-0.05, 0) is 18.6 Å². The van der Waals surface area contributed by atoms with Crippen LogP contribution in [0.3, 0.4) is 0 Å². The fourth-order valence-electron chi connectivity index (χ4n) is 2.83. The van der Waals surface area contributed by atoms with Crippen molar-refractivity contribution in [2.75, 3.05) is 112 Å². The Morgan fingerprint density at radius 3 is 1.08 bits per heavy atom. The molecule has 210 valence electrons. The molecule has 9 nitrogen and oxygen atoms in total. The van der Waals surface area contributed by atoms with Gasteiger partial charge in [0.2, 0.25) is 0 Å². The molecule has 0 saturated heterocycles. The van der Waals surface area contributed by atoms with Gasteiger partial charge in [0.15, 0.2) is 0 Å². The lowest BCUT2D eigenvalue weighted by molar-refractivity contribution is -0.0236. The van der Waals surface area contributed by atoms with Crippen LogP contribution in [0, 0.1) is 0 Å². The van der Waals surface area contributed by atoms with Crippen LogP contribution in [-0.4, -0.2) is 112 Å². The molecule has 0 radical (unpaired) electrons. The van der Waals surface area contributed by atoms with E-state index in [2.05, 4.69) is 6.92 Å². The summed E-state index contributed by atoms with van der Waals surface area (Å²) in [6, 6.07) is 9.69. The van der Waals surface area contributed by atoms with E-state index < -0.39 is 0 Å². The molecule has 0 bridgehead atoms. The van der Waals surface area contributed by atoms with Crippen molar-refractivity contribution in [3.05, 3.63) is 30.3 Å². The van der Waals surface area contributed by atoms with E-state index in [4.69, 9.17) is 42.6 Å². The smallest absolute Gasteiger partial charge is 0.119 e. The fourth-order valence-corrected chi connectivity index (χ4v) is 2.83. The standard InChI is InChI=1S/C27H48O9/c1-2-3-7-10-28-11-12-29-13-14-30-15-16-31-17-18-32-19-20-33-21-22-34-23-24-35-25-26-36-27-8-5-4-6-9-27/h4-6,8-9H,2-3,7,10-26H2,1H3. The van der Waals surface area contributed by atoms with Gasteiger partial charge < -0.3 is 42.6 Å². The molecule has 1 aromatic rings. The first-order chi connectivity index (χ1) is 17.9. The first-order valence-corrected chi connectivity index (χ1v) is 13.2. The van der Waals surface area contributed by atoms with Crippen molar-refractivity contribution in [1.82, 2.24) is 0 Å². The van der Waals surface area contributed by atoms with Crippen LogP contribution < -0.4 is 4.74 Å². The molecule has 1 rings (SSSR count). The van der Waals surface area contributed by atoms with Crippen molar-refractivity contribution >= 4 is 0 Å². The van der Waals surface area contributed by atoms with Gasteiger partial charge in [0.25, 0.3) is 0 Å². The maximum Gasteiger partial charge on any atom is 0.119 e. The lowest BCUT2D eigenvalue weighted by atomic mass is 10.3. The van der Waals surface area contributed by atoms with E-state index >= 15 is 0 Å². The molecule has 0 unspecified atom stereocenters. The monoisotopic (exact) mass is 516 g/mol. The summed E-state index contributed by atoms with van der Waals surface area (Å²) in [5.74, 6) is 0.850. The zero-order chi connectivity index (χ0) is 25.6. The second-order valence-corrected chi connectivity index (χ2v) is 7.77. The molecule has 0 fully saturated rings. The quantitative estimate of drug-likeness (QED) is 0.149. The Morgan fingerprint density at radius 2 is 0.722 bits per heavy atom. The summed E-state index contributed by atoms with van der Waals surface area (Å²) in [5, 5.41) is 0. The van der Waals surface area contributed by atoms with E-state index in [0.29, 0.717) is 106 Å². The number of hydrogen-bond acceptors (Lipinski definition) is 9. The normalized spacial score (nSPS) is 11.2. The molecule has 0 N–H and O–H groups in total. The third-order valence-electron chi connectivity index (χ3n) is 4.74. The lowest BCUT2D eigenvalue weighted by Crippen LogP contribution is -2.15. The molecule has 36 heavy (non-hydrogen) atoms. The zero-order valence-corrected chi connectivity index (χ0v) is 22.2. The highest BCUT2D eigenvalue weighted by Gasteiger charge is 1.96. The Morgan fingerprint density at radius 1 is 0.389 bits per heavy atom. The van der Waals surface area contributed by atoms with Gasteiger partial charge in [-0.15, -0.1) is 0 Å². The zero-order valence-electron chi connectivity index (χ0n) is 22.2. The molecule has 1 aromatic carbocycles. The summed E-state index contributed by atoms with van der Waals surface area (Å²) in [7, 11) is 0. The SMILES string of the molecule is CCCCCOCCOCCOCCOCCOCCOCCOCCOCCOc1ccccc1.